The van der Waals surface area contributed by atoms with Crippen LogP contribution in [0.2, 0.25) is 0 Å². The Morgan fingerprint density at radius 3 is 1.50 bits per heavy atom. The molecule has 0 saturated heterocycles. The Bertz CT molecular complexity index is 3510. The number of furan rings is 1. The summed E-state index contributed by atoms with van der Waals surface area (Å²) in [5, 5.41) is 4.33. The summed E-state index contributed by atoms with van der Waals surface area (Å²) in [5.74, 6) is 2.37. The van der Waals surface area contributed by atoms with Gasteiger partial charge < -0.3 is 8.98 Å². The minimum Gasteiger partial charge on any atom is -0.455 e. The molecule has 0 unspecified atom stereocenters. The zero-order chi connectivity index (χ0) is 41.0. The van der Waals surface area contributed by atoms with Gasteiger partial charge in [-0.1, -0.05) is 158 Å². The molecule has 0 radical (unpaired) electrons. The SMILES string of the molecule is c1ccc(-c2cc(-c3cc(-c4nc(-c5ccccc5)nc(-c5ccccc5)n4)ccc3-n3c4ccccc4c4c5oc6ccccc6c5ccc43)nc(-c3ccccc3)n2)cc1. The molecule has 0 aliphatic heterocycles. The minimum absolute atomic E-state index is 0.553. The highest BCUT2D eigenvalue weighted by Crippen LogP contribution is 2.43. The van der Waals surface area contributed by atoms with Crippen molar-refractivity contribution in [1.82, 2.24) is 29.5 Å². The summed E-state index contributed by atoms with van der Waals surface area (Å²) in [4.78, 5) is 25.8. The van der Waals surface area contributed by atoms with Crippen molar-refractivity contribution < 1.29 is 4.42 Å². The van der Waals surface area contributed by atoms with Crippen LogP contribution in [-0.2, 0) is 0 Å². The van der Waals surface area contributed by atoms with E-state index in [1.54, 1.807) is 0 Å². The lowest BCUT2D eigenvalue weighted by Crippen LogP contribution is -2.03. The highest BCUT2D eigenvalue weighted by atomic mass is 16.3. The van der Waals surface area contributed by atoms with Crippen LogP contribution in [-0.4, -0.2) is 29.5 Å². The van der Waals surface area contributed by atoms with Gasteiger partial charge in [-0.15, -0.1) is 0 Å². The Morgan fingerprint density at radius 1 is 0.339 bits per heavy atom. The first-order valence-corrected chi connectivity index (χ1v) is 20.6. The van der Waals surface area contributed by atoms with Gasteiger partial charge in [-0.05, 0) is 48.5 Å². The van der Waals surface area contributed by atoms with Crippen LogP contribution in [0.1, 0.15) is 0 Å². The van der Waals surface area contributed by atoms with Crippen LogP contribution in [0.5, 0.6) is 0 Å². The average Bonchev–Trinajstić information content (AvgIpc) is 3.90. The second-order valence-corrected chi connectivity index (χ2v) is 15.3. The molecule has 7 heteroatoms. The van der Waals surface area contributed by atoms with E-state index in [4.69, 9.17) is 29.3 Å². The standard InChI is InChI=1S/C55H34N6O/c1-5-17-35(18-6-1)44-34-45(57-52(56-44)36-19-7-2-8-20-36)43-33-39(55-59-53(37-21-9-3-10-22-37)58-54(60-55)38-23-11-4-12-24-38)29-31-47(43)61-46-27-15-13-26-42(46)50-48(61)32-30-41-40-25-14-16-28-49(40)62-51(41)50/h1-34H. The maximum Gasteiger partial charge on any atom is 0.164 e. The van der Waals surface area contributed by atoms with E-state index in [0.29, 0.717) is 23.3 Å². The smallest absolute Gasteiger partial charge is 0.164 e. The first-order chi connectivity index (χ1) is 30.7. The molecule has 4 aromatic heterocycles. The van der Waals surface area contributed by atoms with Gasteiger partial charge in [-0.2, -0.15) is 0 Å². The molecule has 0 N–H and O–H groups in total. The highest BCUT2D eigenvalue weighted by molar-refractivity contribution is 6.24. The van der Waals surface area contributed by atoms with Gasteiger partial charge in [0.1, 0.15) is 11.2 Å². The molecule has 290 valence electrons. The van der Waals surface area contributed by atoms with E-state index in [9.17, 15) is 0 Å². The summed E-state index contributed by atoms with van der Waals surface area (Å²) in [6.07, 6.45) is 0. The lowest BCUT2D eigenvalue weighted by molar-refractivity contribution is 0.673. The van der Waals surface area contributed by atoms with Crippen molar-refractivity contribution in [2.75, 3.05) is 0 Å². The molecule has 0 saturated carbocycles. The molecule has 0 fully saturated rings. The van der Waals surface area contributed by atoms with E-state index >= 15 is 0 Å². The van der Waals surface area contributed by atoms with Crippen LogP contribution in [0.15, 0.2) is 211 Å². The Morgan fingerprint density at radius 2 is 0.855 bits per heavy atom. The number of fused-ring (bicyclic) bond motifs is 7. The highest BCUT2D eigenvalue weighted by Gasteiger charge is 2.23. The molecule has 8 aromatic carbocycles. The summed E-state index contributed by atoms with van der Waals surface area (Å²) in [6.45, 7) is 0. The number of para-hydroxylation sites is 2. The third kappa shape index (κ3) is 6.02. The van der Waals surface area contributed by atoms with E-state index in [2.05, 4.69) is 102 Å². The van der Waals surface area contributed by atoms with Gasteiger partial charge in [-0.3, -0.25) is 0 Å². The normalized spacial score (nSPS) is 11.5. The molecule has 0 spiro atoms. The Hall–Kier alpha value is -8.55. The van der Waals surface area contributed by atoms with Gasteiger partial charge in [0.25, 0.3) is 0 Å². The number of nitrogens with zero attached hydrogens (tertiary/aromatic N) is 6. The molecule has 0 aliphatic carbocycles. The van der Waals surface area contributed by atoms with Gasteiger partial charge in [-0.25, -0.2) is 24.9 Å². The Balaban J connectivity index is 1.16. The molecular weight excluding hydrogens is 761 g/mol. The summed E-state index contributed by atoms with van der Waals surface area (Å²) >= 11 is 0. The lowest BCUT2D eigenvalue weighted by Gasteiger charge is -2.17. The number of aromatic nitrogens is 6. The fourth-order valence-electron chi connectivity index (χ4n) is 8.57. The van der Waals surface area contributed by atoms with E-state index in [1.165, 1.54) is 0 Å². The molecule has 62 heavy (non-hydrogen) atoms. The van der Waals surface area contributed by atoms with Gasteiger partial charge in [0.2, 0.25) is 0 Å². The van der Waals surface area contributed by atoms with Gasteiger partial charge >= 0.3 is 0 Å². The summed E-state index contributed by atoms with van der Waals surface area (Å²) in [6, 6.07) is 70.3. The average molecular weight is 795 g/mol. The molecular formula is C55H34N6O. The molecule has 0 atom stereocenters. The minimum atomic E-state index is 0.553. The van der Waals surface area contributed by atoms with Crippen molar-refractivity contribution in [3.63, 3.8) is 0 Å². The Kier molecular flexibility index (Phi) is 8.35. The van der Waals surface area contributed by atoms with E-state index in [-0.39, 0.29) is 0 Å². The van der Waals surface area contributed by atoms with E-state index in [1.807, 2.05) is 109 Å². The monoisotopic (exact) mass is 794 g/mol. The predicted octanol–water partition coefficient (Wildman–Crippen LogP) is 13.7. The van der Waals surface area contributed by atoms with Crippen LogP contribution in [0.25, 0.3) is 117 Å². The molecule has 12 aromatic rings. The van der Waals surface area contributed by atoms with Gasteiger partial charge in [0.15, 0.2) is 23.3 Å². The summed E-state index contributed by atoms with van der Waals surface area (Å²) in [7, 11) is 0. The fraction of sp³-hybridized carbons (Fsp3) is 0. The molecule has 12 rings (SSSR count). The van der Waals surface area contributed by atoms with Crippen molar-refractivity contribution in [2.45, 2.75) is 0 Å². The van der Waals surface area contributed by atoms with E-state index < -0.39 is 0 Å². The van der Waals surface area contributed by atoms with Crippen LogP contribution in [0, 0.1) is 0 Å². The maximum absolute atomic E-state index is 6.68. The van der Waals surface area contributed by atoms with Crippen LogP contribution < -0.4 is 0 Å². The topological polar surface area (TPSA) is 82.5 Å². The number of hydrogen-bond donors (Lipinski definition) is 0. The van der Waals surface area contributed by atoms with Crippen molar-refractivity contribution in [3.05, 3.63) is 206 Å². The van der Waals surface area contributed by atoms with Crippen molar-refractivity contribution in [3.8, 4) is 73.8 Å². The lowest BCUT2D eigenvalue weighted by atomic mass is 10.0. The summed E-state index contributed by atoms with van der Waals surface area (Å²) in [5.41, 5.74) is 11.7. The van der Waals surface area contributed by atoms with E-state index in [0.717, 1.165) is 94.2 Å². The van der Waals surface area contributed by atoms with Crippen LogP contribution in [0.4, 0.5) is 0 Å². The third-order valence-corrected chi connectivity index (χ3v) is 11.5. The first-order valence-electron chi connectivity index (χ1n) is 20.6. The quantitative estimate of drug-likeness (QED) is 0.160. The third-order valence-electron chi connectivity index (χ3n) is 11.5. The number of rotatable bonds is 7. The molecule has 0 amide bonds. The predicted molar refractivity (Wildman–Crippen MR) is 250 cm³/mol. The second kappa shape index (κ2) is 14.6. The van der Waals surface area contributed by atoms with Gasteiger partial charge in [0.05, 0.1) is 33.5 Å². The number of benzene rings is 8. The fourth-order valence-corrected chi connectivity index (χ4v) is 8.57. The Labute approximate surface area is 356 Å². The van der Waals surface area contributed by atoms with Crippen LogP contribution >= 0.6 is 0 Å². The first kappa shape index (κ1) is 35.4. The number of hydrogen-bond acceptors (Lipinski definition) is 6. The zero-order valence-electron chi connectivity index (χ0n) is 33.2. The van der Waals surface area contributed by atoms with Crippen molar-refractivity contribution in [2.24, 2.45) is 0 Å². The van der Waals surface area contributed by atoms with Crippen molar-refractivity contribution in [1.29, 1.82) is 0 Å². The maximum atomic E-state index is 6.68. The molecule has 0 aliphatic rings. The molecule has 7 nitrogen and oxygen atoms in total. The van der Waals surface area contributed by atoms with Crippen molar-refractivity contribution >= 4 is 43.7 Å². The largest absolute Gasteiger partial charge is 0.455 e. The molecule has 4 heterocycles. The summed E-state index contributed by atoms with van der Waals surface area (Å²) < 4.78 is 9.02. The van der Waals surface area contributed by atoms with Gasteiger partial charge in [0, 0.05) is 49.5 Å². The zero-order valence-corrected chi connectivity index (χ0v) is 33.2. The molecule has 0 bridgehead atoms. The second-order valence-electron chi connectivity index (χ2n) is 15.3. The van der Waals surface area contributed by atoms with Crippen LogP contribution in [0.3, 0.4) is 0 Å².